The Morgan fingerprint density at radius 2 is 1.89 bits per heavy atom. The minimum Gasteiger partial charge on any atom is -0.486 e. The highest BCUT2D eigenvalue weighted by molar-refractivity contribution is 7.92. The van der Waals surface area contributed by atoms with E-state index in [0.717, 1.165) is 28.6 Å². The van der Waals surface area contributed by atoms with Crippen molar-refractivity contribution in [2.75, 3.05) is 16.2 Å². The van der Waals surface area contributed by atoms with Gasteiger partial charge in [-0.15, -0.1) is 0 Å². The minimum absolute atomic E-state index is 0.0471. The van der Waals surface area contributed by atoms with Crippen LogP contribution < -0.4 is 14.4 Å². The fourth-order valence-electron chi connectivity index (χ4n) is 3.29. The lowest BCUT2D eigenvalue weighted by molar-refractivity contribution is -0.242. The second-order valence-corrected chi connectivity index (χ2v) is 10.8. The van der Waals surface area contributed by atoms with Gasteiger partial charge in [-0.05, 0) is 56.7 Å². The molecular formula is C22H21ClF4N2O7S. The summed E-state index contributed by atoms with van der Waals surface area (Å²) in [6, 6.07) is 6.45. The SMILES string of the molecule is CC(C)(OC(=O)Nc1ccc2c(c1)N(S(=O)(=O)c1ccc(Cl)cc1F)C[C@H](CCC(=O)O)O2)C(F)(F)F. The number of nitrogens with one attached hydrogen (secondary N) is 1. The van der Waals surface area contributed by atoms with Crippen LogP contribution in [-0.4, -0.2) is 50.0 Å². The third kappa shape index (κ3) is 6.36. The average Bonchev–Trinajstić information content (AvgIpc) is 2.75. The van der Waals surface area contributed by atoms with E-state index in [1.807, 2.05) is 0 Å². The molecule has 1 atom stereocenters. The molecule has 1 aliphatic rings. The molecule has 0 saturated carbocycles. The normalized spacial score (nSPS) is 16.0. The van der Waals surface area contributed by atoms with Crippen LogP contribution in [0, 0.1) is 5.82 Å². The quantitative estimate of drug-likeness (QED) is 0.441. The summed E-state index contributed by atoms with van der Waals surface area (Å²) in [4.78, 5) is 22.4. The maximum absolute atomic E-state index is 14.6. The van der Waals surface area contributed by atoms with Crippen LogP contribution in [0.25, 0.3) is 0 Å². The van der Waals surface area contributed by atoms with Crippen molar-refractivity contribution in [1.29, 1.82) is 0 Å². The van der Waals surface area contributed by atoms with E-state index in [4.69, 9.17) is 21.4 Å². The fraction of sp³-hybridized carbons (Fsp3) is 0.364. The van der Waals surface area contributed by atoms with Crippen LogP contribution in [0.5, 0.6) is 5.75 Å². The first-order valence-electron chi connectivity index (χ1n) is 10.6. The molecule has 1 amide bonds. The Morgan fingerprint density at radius 3 is 2.49 bits per heavy atom. The molecule has 0 radical (unpaired) electrons. The number of fused-ring (bicyclic) bond motifs is 1. The van der Waals surface area contributed by atoms with E-state index in [1.54, 1.807) is 0 Å². The Labute approximate surface area is 214 Å². The Morgan fingerprint density at radius 1 is 1.22 bits per heavy atom. The van der Waals surface area contributed by atoms with Gasteiger partial charge in [-0.2, -0.15) is 13.2 Å². The number of alkyl halides is 3. The summed E-state index contributed by atoms with van der Waals surface area (Å²) in [6.07, 6.45) is -7.67. The number of carbonyl (C=O) groups is 2. The number of aliphatic carboxylic acids is 1. The van der Waals surface area contributed by atoms with E-state index in [0.29, 0.717) is 13.8 Å². The summed E-state index contributed by atoms with van der Waals surface area (Å²) in [6.45, 7) is 0.888. The van der Waals surface area contributed by atoms with Crippen molar-refractivity contribution in [3.63, 3.8) is 0 Å². The molecular weight excluding hydrogens is 548 g/mol. The molecule has 1 heterocycles. The zero-order chi connectivity index (χ0) is 27.8. The molecule has 0 aliphatic carbocycles. The van der Waals surface area contributed by atoms with Crippen molar-refractivity contribution < 1.29 is 50.1 Å². The van der Waals surface area contributed by atoms with E-state index in [1.165, 1.54) is 12.1 Å². The Kier molecular flexibility index (Phi) is 7.84. The van der Waals surface area contributed by atoms with Crippen molar-refractivity contribution >= 4 is 45.1 Å². The average molecular weight is 569 g/mol. The Hall–Kier alpha value is -3.26. The number of carboxylic acids is 1. The van der Waals surface area contributed by atoms with Gasteiger partial charge in [0.2, 0.25) is 5.60 Å². The molecule has 37 heavy (non-hydrogen) atoms. The van der Waals surface area contributed by atoms with Crippen LogP contribution in [0.2, 0.25) is 5.02 Å². The Bertz CT molecular complexity index is 1320. The van der Waals surface area contributed by atoms with Crippen LogP contribution in [0.4, 0.5) is 33.7 Å². The summed E-state index contributed by atoms with van der Waals surface area (Å²) in [5, 5.41) is 11.0. The van der Waals surface area contributed by atoms with Gasteiger partial charge in [0.15, 0.2) is 0 Å². The number of anilines is 2. The van der Waals surface area contributed by atoms with Crippen molar-refractivity contribution in [1.82, 2.24) is 0 Å². The molecule has 2 N–H and O–H groups in total. The molecule has 202 valence electrons. The van der Waals surface area contributed by atoms with Gasteiger partial charge < -0.3 is 14.6 Å². The lowest BCUT2D eigenvalue weighted by Gasteiger charge is -2.35. The highest BCUT2D eigenvalue weighted by Gasteiger charge is 2.51. The van der Waals surface area contributed by atoms with Gasteiger partial charge in [0.05, 0.1) is 12.2 Å². The third-order valence-corrected chi connectivity index (χ3v) is 7.36. The third-order valence-electron chi connectivity index (χ3n) is 5.31. The number of nitrogens with zero attached hydrogens (tertiary/aromatic N) is 1. The minimum atomic E-state index is -4.85. The first kappa shape index (κ1) is 28.3. The van der Waals surface area contributed by atoms with Crippen molar-refractivity contribution in [2.24, 2.45) is 0 Å². The number of hydrogen-bond acceptors (Lipinski definition) is 6. The summed E-state index contributed by atoms with van der Waals surface area (Å²) >= 11 is 5.72. The number of carboxylic acid groups (broad SMARTS) is 1. The standard InChI is InChI=1S/C22H21ClF4N2O7S/c1-21(2,22(25,26)27)36-20(32)28-13-4-6-17-16(10-13)29(11-14(35-17)5-8-19(30)31)37(33,34)18-7-3-12(23)9-15(18)24/h3-4,6-7,9-10,14H,5,8,11H2,1-2H3,(H,28,32)(H,30,31)/t14-/m0/s1. The zero-order valence-corrected chi connectivity index (χ0v) is 20.9. The number of ether oxygens (including phenoxy) is 2. The summed E-state index contributed by atoms with van der Waals surface area (Å²) in [5.74, 6) is -2.34. The summed E-state index contributed by atoms with van der Waals surface area (Å²) in [7, 11) is -4.61. The maximum atomic E-state index is 14.6. The largest absolute Gasteiger partial charge is 0.486 e. The molecule has 2 aromatic carbocycles. The number of halogens is 5. The van der Waals surface area contributed by atoms with E-state index in [2.05, 4.69) is 10.1 Å². The molecule has 15 heteroatoms. The molecule has 0 unspecified atom stereocenters. The first-order chi connectivity index (χ1) is 17.0. The maximum Gasteiger partial charge on any atom is 0.427 e. The summed E-state index contributed by atoms with van der Waals surface area (Å²) < 4.78 is 91.5. The highest BCUT2D eigenvalue weighted by Crippen LogP contribution is 2.40. The molecule has 0 saturated heterocycles. The lowest BCUT2D eigenvalue weighted by atomic mass is 10.1. The van der Waals surface area contributed by atoms with E-state index >= 15 is 0 Å². The van der Waals surface area contributed by atoms with Gasteiger partial charge in [0.1, 0.15) is 22.6 Å². The van der Waals surface area contributed by atoms with Crippen LogP contribution in [-0.2, 0) is 19.6 Å². The van der Waals surface area contributed by atoms with Crippen LogP contribution in [0.15, 0.2) is 41.3 Å². The molecule has 2 aromatic rings. The van der Waals surface area contributed by atoms with Crippen LogP contribution in [0.1, 0.15) is 26.7 Å². The first-order valence-corrected chi connectivity index (χ1v) is 12.4. The second kappa shape index (κ2) is 10.2. The van der Waals surface area contributed by atoms with Gasteiger partial charge in [-0.25, -0.2) is 17.6 Å². The van der Waals surface area contributed by atoms with Gasteiger partial charge in [-0.3, -0.25) is 14.4 Å². The van der Waals surface area contributed by atoms with E-state index < -0.39 is 57.2 Å². The highest BCUT2D eigenvalue weighted by atomic mass is 35.5. The topological polar surface area (TPSA) is 122 Å². The Balaban J connectivity index is 1.98. The predicted octanol–water partition coefficient (Wildman–Crippen LogP) is 5.19. The fourth-order valence-corrected chi connectivity index (χ4v) is 4.99. The number of carbonyl (C=O) groups excluding carboxylic acids is 1. The number of rotatable bonds is 7. The predicted molar refractivity (Wildman–Crippen MR) is 124 cm³/mol. The van der Waals surface area contributed by atoms with Crippen LogP contribution >= 0.6 is 11.6 Å². The second-order valence-electron chi connectivity index (χ2n) is 8.49. The molecule has 0 spiro atoms. The molecule has 1 aliphatic heterocycles. The van der Waals surface area contributed by atoms with Crippen molar-refractivity contribution in [3.05, 3.63) is 47.2 Å². The van der Waals surface area contributed by atoms with Gasteiger partial charge in [0, 0.05) is 17.1 Å². The molecule has 0 fully saturated rings. The summed E-state index contributed by atoms with van der Waals surface area (Å²) in [5.41, 5.74) is -3.13. The van der Waals surface area contributed by atoms with Crippen molar-refractivity contribution in [3.8, 4) is 5.75 Å². The number of benzene rings is 2. The molecule has 0 bridgehead atoms. The van der Waals surface area contributed by atoms with Gasteiger partial charge in [-0.1, -0.05) is 11.6 Å². The smallest absolute Gasteiger partial charge is 0.427 e. The number of sulfonamides is 1. The van der Waals surface area contributed by atoms with Crippen LogP contribution in [0.3, 0.4) is 0 Å². The molecule has 0 aromatic heterocycles. The molecule has 3 rings (SSSR count). The lowest BCUT2D eigenvalue weighted by Crippen LogP contribution is -2.44. The number of hydrogen-bond donors (Lipinski definition) is 2. The zero-order valence-electron chi connectivity index (χ0n) is 19.3. The molecule has 9 nitrogen and oxygen atoms in total. The number of amides is 1. The van der Waals surface area contributed by atoms with Crippen molar-refractivity contribution in [2.45, 2.75) is 49.5 Å². The monoisotopic (exact) mass is 568 g/mol. The van der Waals surface area contributed by atoms with E-state index in [-0.39, 0.29) is 35.0 Å². The van der Waals surface area contributed by atoms with Gasteiger partial charge >= 0.3 is 18.2 Å². The van der Waals surface area contributed by atoms with Gasteiger partial charge in [0.25, 0.3) is 10.0 Å². The van der Waals surface area contributed by atoms with E-state index in [9.17, 15) is 35.6 Å².